The minimum absolute atomic E-state index is 0.0534. The molecule has 0 spiro atoms. The minimum Gasteiger partial charge on any atom is -0.322 e. The molecule has 1 aromatic heterocycles. The third-order valence-electron chi connectivity index (χ3n) is 3.36. The van der Waals surface area contributed by atoms with Crippen LogP contribution in [-0.2, 0) is 4.79 Å². The molecule has 3 nitrogen and oxygen atoms in total. The van der Waals surface area contributed by atoms with Crippen LogP contribution in [0.5, 0.6) is 0 Å². The van der Waals surface area contributed by atoms with Crippen molar-refractivity contribution in [1.82, 2.24) is 9.88 Å². The van der Waals surface area contributed by atoms with Gasteiger partial charge in [-0.3, -0.25) is 9.78 Å². The van der Waals surface area contributed by atoms with Crippen molar-refractivity contribution in [2.45, 2.75) is 5.37 Å². The van der Waals surface area contributed by atoms with Crippen LogP contribution >= 0.6 is 11.8 Å². The highest BCUT2D eigenvalue weighted by molar-refractivity contribution is 7.99. The van der Waals surface area contributed by atoms with Crippen molar-refractivity contribution in [3.8, 4) is 0 Å². The number of carbonyl (C=O) groups excluding carboxylic acids is 1. The topological polar surface area (TPSA) is 33.2 Å². The lowest BCUT2D eigenvalue weighted by Gasteiger charge is -2.22. The molecule has 1 aliphatic heterocycles. The van der Waals surface area contributed by atoms with Gasteiger partial charge >= 0.3 is 0 Å². The van der Waals surface area contributed by atoms with E-state index >= 15 is 0 Å². The molecule has 21 heavy (non-hydrogen) atoms. The van der Waals surface area contributed by atoms with Gasteiger partial charge in [0, 0.05) is 36.3 Å². The normalized spacial score (nSPS) is 18.3. The van der Waals surface area contributed by atoms with Crippen LogP contribution in [0.2, 0.25) is 0 Å². The van der Waals surface area contributed by atoms with E-state index in [-0.39, 0.29) is 11.3 Å². The van der Waals surface area contributed by atoms with Gasteiger partial charge in [0.15, 0.2) is 0 Å². The highest BCUT2D eigenvalue weighted by atomic mass is 32.2. The Bertz CT molecular complexity index is 628. The van der Waals surface area contributed by atoms with Crippen molar-refractivity contribution >= 4 is 23.7 Å². The largest absolute Gasteiger partial charge is 0.322 e. The lowest BCUT2D eigenvalue weighted by molar-refractivity contribution is -0.126. The molecule has 0 saturated carbocycles. The maximum atomic E-state index is 12.4. The number of carbonyl (C=O) groups is 1. The molecular formula is C17H16N2OS. The fraction of sp³-hybridized carbons (Fsp3) is 0.176. The number of nitrogens with zero attached hydrogens (tertiary/aromatic N) is 2. The zero-order valence-electron chi connectivity index (χ0n) is 11.6. The number of aromatic nitrogens is 1. The monoisotopic (exact) mass is 296 g/mol. The van der Waals surface area contributed by atoms with Gasteiger partial charge in [-0.2, -0.15) is 0 Å². The number of hydrogen-bond acceptors (Lipinski definition) is 3. The first-order valence-corrected chi connectivity index (χ1v) is 7.95. The van der Waals surface area contributed by atoms with E-state index in [4.69, 9.17) is 0 Å². The van der Waals surface area contributed by atoms with E-state index in [1.54, 1.807) is 24.0 Å². The van der Waals surface area contributed by atoms with Crippen LogP contribution in [-0.4, -0.2) is 28.1 Å². The van der Waals surface area contributed by atoms with Gasteiger partial charge in [-0.05, 0) is 17.7 Å². The molecule has 2 aromatic rings. The highest BCUT2D eigenvalue weighted by Crippen LogP contribution is 2.37. The second-order valence-corrected chi connectivity index (χ2v) is 5.97. The Morgan fingerprint density at radius 1 is 1.24 bits per heavy atom. The molecule has 106 valence electrons. The molecule has 1 atom stereocenters. The van der Waals surface area contributed by atoms with Crippen molar-refractivity contribution in [3.63, 3.8) is 0 Å². The molecule has 1 fully saturated rings. The standard InChI is InChI=1S/C17H16N2OS/c20-16(9-8-14-5-2-1-3-6-14)19-11-12-21-17(19)15-7-4-10-18-13-15/h1-10,13,17H,11-12H2/b9-8+. The molecule has 4 heteroatoms. The lowest BCUT2D eigenvalue weighted by atomic mass is 10.2. The first kappa shape index (κ1) is 13.9. The Balaban J connectivity index is 1.73. The van der Waals surface area contributed by atoms with Crippen LogP contribution in [0.25, 0.3) is 6.08 Å². The summed E-state index contributed by atoms with van der Waals surface area (Å²) in [4.78, 5) is 18.5. The fourth-order valence-corrected chi connectivity index (χ4v) is 3.57. The summed E-state index contributed by atoms with van der Waals surface area (Å²) in [5, 5.41) is 0.0756. The molecule has 1 saturated heterocycles. The fourth-order valence-electron chi connectivity index (χ4n) is 2.32. The number of hydrogen-bond donors (Lipinski definition) is 0. The molecule has 3 rings (SSSR count). The SMILES string of the molecule is O=C(/C=C/c1ccccc1)N1CCSC1c1cccnc1. The van der Waals surface area contributed by atoms with Gasteiger partial charge in [-0.15, -0.1) is 11.8 Å². The molecule has 1 unspecified atom stereocenters. The number of thioether (sulfide) groups is 1. The summed E-state index contributed by atoms with van der Waals surface area (Å²) < 4.78 is 0. The quantitative estimate of drug-likeness (QED) is 0.814. The third-order valence-corrected chi connectivity index (χ3v) is 4.62. The first-order chi connectivity index (χ1) is 10.3. The average molecular weight is 296 g/mol. The van der Waals surface area contributed by atoms with Gasteiger partial charge < -0.3 is 4.90 Å². The van der Waals surface area contributed by atoms with Crippen LogP contribution < -0.4 is 0 Å². The molecule has 1 amide bonds. The van der Waals surface area contributed by atoms with Gasteiger partial charge in [0.1, 0.15) is 5.37 Å². The molecule has 1 aliphatic rings. The van der Waals surface area contributed by atoms with Gasteiger partial charge in [0.25, 0.3) is 0 Å². The summed E-state index contributed by atoms with van der Waals surface area (Å²) in [6.45, 7) is 0.780. The predicted octanol–water partition coefficient (Wildman–Crippen LogP) is 3.37. The summed E-state index contributed by atoms with van der Waals surface area (Å²) in [5.41, 5.74) is 2.12. The van der Waals surface area contributed by atoms with E-state index in [9.17, 15) is 4.79 Å². The average Bonchev–Trinajstić information content (AvgIpc) is 3.04. The van der Waals surface area contributed by atoms with Crippen LogP contribution in [0, 0.1) is 0 Å². The Hall–Kier alpha value is -2.07. The number of amides is 1. The van der Waals surface area contributed by atoms with Crippen LogP contribution in [0.3, 0.4) is 0 Å². The van der Waals surface area contributed by atoms with Crippen LogP contribution in [0.1, 0.15) is 16.5 Å². The van der Waals surface area contributed by atoms with Gasteiger partial charge in [0.2, 0.25) is 5.91 Å². The van der Waals surface area contributed by atoms with E-state index in [1.165, 1.54) is 0 Å². The third kappa shape index (κ3) is 3.34. The Kier molecular flexibility index (Phi) is 4.36. The zero-order chi connectivity index (χ0) is 14.5. The maximum Gasteiger partial charge on any atom is 0.247 e. The van der Waals surface area contributed by atoms with E-state index in [1.807, 2.05) is 59.6 Å². The predicted molar refractivity (Wildman–Crippen MR) is 86.6 cm³/mol. The van der Waals surface area contributed by atoms with Crippen LogP contribution in [0.15, 0.2) is 60.9 Å². The molecule has 0 bridgehead atoms. The minimum atomic E-state index is 0.0534. The van der Waals surface area contributed by atoms with Crippen molar-refractivity contribution < 1.29 is 4.79 Å². The van der Waals surface area contributed by atoms with E-state index in [0.717, 1.165) is 23.4 Å². The second kappa shape index (κ2) is 6.59. The van der Waals surface area contributed by atoms with Crippen molar-refractivity contribution in [2.75, 3.05) is 12.3 Å². The van der Waals surface area contributed by atoms with Crippen molar-refractivity contribution in [1.29, 1.82) is 0 Å². The first-order valence-electron chi connectivity index (χ1n) is 6.90. The molecular weight excluding hydrogens is 280 g/mol. The highest BCUT2D eigenvalue weighted by Gasteiger charge is 2.29. The summed E-state index contributed by atoms with van der Waals surface area (Å²) in [5.74, 6) is 1.02. The molecule has 0 aliphatic carbocycles. The lowest BCUT2D eigenvalue weighted by Crippen LogP contribution is -2.28. The second-order valence-electron chi connectivity index (χ2n) is 4.79. The number of benzene rings is 1. The Morgan fingerprint density at radius 3 is 2.86 bits per heavy atom. The molecule has 0 radical (unpaired) electrons. The van der Waals surface area contributed by atoms with Gasteiger partial charge in [0.05, 0.1) is 0 Å². The van der Waals surface area contributed by atoms with Crippen molar-refractivity contribution in [2.24, 2.45) is 0 Å². The summed E-state index contributed by atoms with van der Waals surface area (Å²) in [7, 11) is 0. The summed E-state index contributed by atoms with van der Waals surface area (Å²) in [6, 6.07) is 13.8. The van der Waals surface area contributed by atoms with Gasteiger partial charge in [-0.1, -0.05) is 36.4 Å². The molecule has 2 heterocycles. The maximum absolute atomic E-state index is 12.4. The van der Waals surface area contributed by atoms with E-state index in [2.05, 4.69) is 4.98 Å². The zero-order valence-corrected chi connectivity index (χ0v) is 12.4. The van der Waals surface area contributed by atoms with Crippen LogP contribution in [0.4, 0.5) is 0 Å². The summed E-state index contributed by atoms with van der Waals surface area (Å²) >= 11 is 1.78. The molecule has 0 N–H and O–H groups in total. The smallest absolute Gasteiger partial charge is 0.247 e. The summed E-state index contributed by atoms with van der Waals surface area (Å²) in [6.07, 6.45) is 7.12. The van der Waals surface area contributed by atoms with E-state index < -0.39 is 0 Å². The molecule has 1 aromatic carbocycles. The van der Waals surface area contributed by atoms with Crippen molar-refractivity contribution in [3.05, 3.63) is 72.1 Å². The van der Waals surface area contributed by atoms with E-state index in [0.29, 0.717) is 0 Å². The van der Waals surface area contributed by atoms with Gasteiger partial charge in [-0.25, -0.2) is 0 Å². The number of pyridine rings is 1. The Labute approximate surface area is 128 Å². The Morgan fingerprint density at radius 2 is 2.10 bits per heavy atom. The number of rotatable bonds is 3.